The van der Waals surface area contributed by atoms with Gasteiger partial charge in [0, 0.05) is 51.3 Å². The number of ether oxygens (including phenoxy) is 2. The molecular weight excluding hydrogens is 458 g/mol. The van der Waals surface area contributed by atoms with Gasteiger partial charge in [-0.1, -0.05) is 18.2 Å². The summed E-state index contributed by atoms with van der Waals surface area (Å²) in [4.78, 5) is 28.1. The Morgan fingerprint density at radius 1 is 0.971 bits per heavy atom. The van der Waals surface area contributed by atoms with Gasteiger partial charge in [-0.15, -0.1) is 0 Å². The number of nitrogens with zero attached hydrogens (tertiary/aromatic N) is 2. The molecule has 0 radical (unpaired) electrons. The minimum Gasteiger partial charge on any atom is -0.454 e. The molecule has 0 saturated carbocycles. The van der Waals surface area contributed by atoms with E-state index < -0.39 is 10.0 Å². The number of ketones is 1. The smallest absolute Gasteiger partial charge is 0.240 e. The Hall–Kier alpha value is -2.95. The van der Waals surface area contributed by atoms with Crippen LogP contribution in [0.1, 0.15) is 35.7 Å². The van der Waals surface area contributed by atoms with Crippen molar-refractivity contribution in [3.8, 4) is 11.5 Å². The Morgan fingerprint density at radius 2 is 1.68 bits per heavy atom. The number of fused-ring (bicyclic) bond motifs is 1. The lowest BCUT2D eigenvalue weighted by atomic mass is 10.1. The van der Waals surface area contributed by atoms with Crippen molar-refractivity contribution in [2.45, 2.75) is 31.2 Å². The molecule has 0 aromatic heterocycles. The van der Waals surface area contributed by atoms with Crippen LogP contribution in [0.3, 0.4) is 0 Å². The second kappa shape index (κ2) is 10.5. The van der Waals surface area contributed by atoms with Crippen molar-refractivity contribution in [3.05, 3.63) is 53.6 Å². The number of rotatable bonds is 9. The molecule has 2 aliphatic rings. The second-order valence-electron chi connectivity index (χ2n) is 8.43. The van der Waals surface area contributed by atoms with Gasteiger partial charge in [-0.05, 0) is 43.2 Å². The van der Waals surface area contributed by atoms with Crippen LogP contribution in [0.25, 0.3) is 0 Å². The number of amides is 1. The quantitative estimate of drug-likeness (QED) is 0.426. The van der Waals surface area contributed by atoms with E-state index in [0.29, 0.717) is 25.1 Å². The molecule has 0 aliphatic carbocycles. The van der Waals surface area contributed by atoms with Crippen LogP contribution in [-0.4, -0.2) is 69.4 Å². The zero-order chi connectivity index (χ0) is 24.1. The summed E-state index contributed by atoms with van der Waals surface area (Å²) in [7, 11) is -3.68. The average molecular weight is 488 g/mol. The molecule has 2 heterocycles. The molecule has 1 amide bonds. The van der Waals surface area contributed by atoms with Crippen LogP contribution < -0.4 is 14.2 Å². The van der Waals surface area contributed by atoms with Gasteiger partial charge in [-0.25, -0.2) is 13.1 Å². The number of carbonyl (C=O) groups excluding carboxylic acids is 2. The average Bonchev–Trinajstić information content (AvgIpc) is 3.30. The number of benzene rings is 2. The highest BCUT2D eigenvalue weighted by atomic mass is 32.2. The van der Waals surface area contributed by atoms with E-state index in [9.17, 15) is 18.0 Å². The summed E-state index contributed by atoms with van der Waals surface area (Å²) in [5.41, 5.74) is 1.60. The molecule has 1 N–H and O–H groups in total. The number of sulfonamides is 1. The first-order chi connectivity index (χ1) is 16.3. The van der Waals surface area contributed by atoms with E-state index in [-0.39, 0.29) is 36.3 Å². The topological polar surface area (TPSA) is 105 Å². The standard InChI is InChI=1S/C24H29N3O6S/c1-18(28)20-5-7-21(8-6-20)34(30,31)25-10-2-3-24(29)27-13-11-26(12-14-27)16-19-4-9-22-23(15-19)33-17-32-22/h4-9,15,25H,2-3,10-14,16-17H2,1H3. The fraction of sp³-hybridized carbons (Fsp3) is 0.417. The second-order valence-corrected chi connectivity index (χ2v) is 10.2. The van der Waals surface area contributed by atoms with E-state index in [4.69, 9.17) is 9.47 Å². The molecule has 9 nitrogen and oxygen atoms in total. The molecule has 2 aromatic carbocycles. The number of carbonyl (C=O) groups is 2. The number of nitrogens with one attached hydrogen (secondary N) is 1. The molecule has 34 heavy (non-hydrogen) atoms. The monoisotopic (exact) mass is 487 g/mol. The lowest BCUT2D eigenvalue weighted by Gasteiger charge is -2.34. The zero-order valence-corrected chi connectivity index (χ0v) is 20.0. The normalized spacial score (nSPS) is 16.0. The van der Waals surface area contributed by atoms with Gasteiger partial charge in [0.2, 0.25) is 22.7 Å². The van der Waals surface area contributed by atoms with E-state index in [2.05, 4.69) is 9.62 Å². The van der Waals surface area contributed by atoms with Crippen LogP contribution in [-0.2, 0) is 21.4 Å². The van der Waals surface area contributed by atoms with Crippen LogP contribution in [0.15, 0.2) is 47.4 Å². The van der Waals surface area contributed by atoms with Gasteiger partial charge in [-0.3, -0.25) is 14.5 Å². The van der Waals surface area contributed by atoms with Crippen molar-refractivity contribution in [1.29, 1.82) is 0 Å². The Balaban J connectivity index is 1.17. The third kappa shape index (κ3) is 5.94. The lowest BCUT2D eigenvalue weighted by Crippen LogP contribution is -2.48. The maximum absolute atomic E-state index is 12.6. The summed E-state index contributed by atoms with van der Waals surface area (Å²) in [6.45, 7) is 5.51. The van der Waals surface area contributed by atoms with Crippen molar-refractivity contribution in [3.63, 3.8) is 0 Å². The number of Topliss-reactive ketones (excluding diaryl/α,β-unsaturated/α-hetero) is 1. The Morgan fingerprint density at radius 3 is 2.38 bits per heavy atom. The number of hydrogen-bond acceptors (Lipinski definition) is 7. The van der Waals surface area contributed by atoms with Crippen LogP contribution >= 0.6 is 0 Å². The van der Waals surface area contributed by atoms with E-state index in [1.165, 1.54) is 31.2 Å². The molecule has 1 fully saturated rings. The summed E-state index contributed by atoms with van der Waals surface area (Å²) in [6, 6.07) is 11.8. The molecule has 0 spiro atoms. The molecule has 1 saturated heterocycles. The van der Waals surface area contributed by atoms with Crippen molar-refractivity contribution in [2.24, 2.45) is 0 Å². The highest BCUT2D eigenvalue weighted by Gasteiger charge is 2.22. The highest BCUT2D eigenvalue weighted by Crippen LogP contribution is 2.32. The third-order valence-electron chi connectivity index (χ3n) is 6.00. The third-order valence-corrected chi connectivity index (χ3v) is 7.48. The number of hydrogen-bond donors (Lipinski definition) is 1. The number of piperazine rings is 1. The van der Waals surface area contributed by atoms with Gasteiger partial charge >= 0.3 is 0 Å². The van der Waals surface area contributed by atoms with E-state index in [1.807, 2.05) is 23.1 Å². The van der Waals surface area contributed by atoms with E-state index >= 15 is 0 Å². The summed E-state index contributed by atoms with van der Waals surface area (Å²) < 4.78 is 38.1. The SMILES string of the molecule is CC(=O)c1ccc(S(=O)(=O)NCCCC(=O)N2CCN(Cc3ccc4c(c3)OCO4)CC2)cc1. The summed E-state index contributed by atoms with van der Waals surface area (Å²) >= 11 is 0. The molecule has 2 aliphatic heterocycles. The Bertz CT molecular complexity index is 1140. The van der Waals surface area contributed by atoms with Crippen molar-refractivity contribution in [1.82, 2.24) is 14.5 Å². The zero-order valence-electron chi connectivity index (χ0n) is 19.2. The minimum absolute atomic E-state index is 0.0349. The predicted octanol–water partition coefficient (Wildman–Crippen LogP) is 2.02. The molecule has 182 valence electrons. The largest absolute Gasteiger partial charge is 0.454 e. The molecule has 0 unspecified atom stereocenters. The lowest BCUT2D eigenvalue weighted by molar-refractivity contribution is -0.133. The van der Waals surface area contributed by atoms with Crippen LogP contribution in [0.5, 0.6) is 11.5 Å². The maximum atomic E-state index is 12.6. The van der Waals surface area contributed by atoms with Crippen LogP contribution in [0, 0.1) is 0 Å². The molecule has 0 atom stereocenters. The van der Waals surface area contributed by atoms with Gasteiger partial charge in [0.1, 0.15) is 0 Å². The molecule has 0 bridgehead atoms. The Kier molecular flexibility index (Phi) is 7.50. The summed E-state index contributed by atoms with van der Waals surface area (Å²) in [5.74, 6) is 1.46. The van der Waals surface area contributed by atoms with Crippen LogP contribution in [0.4, 0.5) is 0 Å². The minimum atomic E-state index is -3.68. The van der Waals surface area contributed by atoms with Crippen molar-refractivity contribution in [2.75, 3.05) is 39.5 Å². The Labute approximate surface area is 199 Å². The van der Waals surface area contributed by atoms with Crippen molar-refractivity contribution >= 4 is 21.7 Å². The molecular formula is C24H29N3O6S. The fourth-order valence-corrected chi connectivity index (χ4v) is 5.08. The van der Waals surface area contributed by atoms with Gasteiger partial charge in [0.05, 0.1) is 4.90 Å². The first kappa shape index (κ1) is 24.2. The maximum Gasteiger partial charge on any atom is 0.240 e. The molecule has 2 aromatic rings. The first-order valence-corrected chi connectivity index (χ1v) is 12.8. The van der Waals surface area contributed by atoms with Gasteiger partial charge in [-0.2, -0.15) is 0 Å². The van der Waals surface area contributed by atoms with Gasteiger partial charge < -0.3 is 14.4 Å². The summed E-state index contributed by atoms with van der Waals surface area (Å²) in [5, 5.41) is 0. The highest BCUT2D eigenvalue weighted by molar-refractivity contribution is 7.89. The first-order valence-electron chi connectivity index (χ1n) is 11.3. The molecule has 10 heteroatoms. The molecule has 4 rings (SSSR count). The van der Waals surface area contributed by atoms with E-state index in [1.54, 1.807) is 0 Å². The fourth-order valence-electron chi connectivity index (χ4n) is 4.01. The van der Waals surface area contributed by atoms with Gasteiger partial charge in [0.25, 0.3) is 0 Å². The van der Waals surface area contributed by atoms with E-state index in [0.717, 1.165) is 36.7 Å². The van der Waals surface area contributed by atoms with Crippen molar-refractivity contribution < 1.29 is 27.5 Å². The van der Waals surface area contributed by atoms with Crippen LogP contribution in [0.2, 0.25) is 0 Å². The predicted molar refractivity (Wildman–Crippen MR) is 125 cm³/mol. The van der Waals surface area contributed by atoms with Gasteiger partial charge in [0.15, 0.2) is 17.3 Å². The summed E-state index contributed by atoms with van der Waals surface area (Å²) in [6.07, 6.45) is 0.703.